The number of benzene rings is 1. The Labute approximate surface area is 189 Å². The van der Waals surface area contributed by atoms with Crippen LogP contribution in [0.2, 0.25) is 0 Å². The molecule has 2 aromatic heterocycles. The molecule has 0 aliphatic rings. The summed E-state index contributed by atoms with van der Waals surface area (Å²) in [7, 11) is 5.79. The van der Waals surface area contributed by atoms with Gasteiger partial charge in [0, 0.05) is 39.4 Å². The van der Waals surface area contributed by atoms with Gasteiger partial charge in [0.15, 0.2) is 5.96 Å². The van der Waals surface area contributed by atoms with Gasteiger partial charge < -0.3 is 15.2 Å². The number of rotatable bonds is 6. The molecule has 2 N–H and O–H groups in total. The SMILES string of the molecule is CN=C(NCc1ncc(-c2ccccc2)[nH]1)N(C)Cc1cn(C)nc1C(C)C.I. The van der Waals surface area contributed by atoms with Crippen molar-refractivity contribution >= 4 is 29.9 Å². The summed E-state index contributed by atoms with van der Waals surface area (Å²) < 4.78 is 1.88. The van der Waals surface area contributed by atoms with E-state index in [0.29, 0.717) is 12.5 Å². The summed E-state index contributed by atoms with van der Waals surface area (Å²) in [6, 6.07) is 10.2. The molecule has 3 rings (SSSR count). The molecule has 0 amide bonds. The maximum Gasteiger partial charge on any atom is 0.194 e. The molecule has 1 aromatic carbocycles. The third-order valence-corrected chi connectivity index (χ3v) is 4.59. The van der Waals surface area contributed by atoms with Gasteiger partial charge >= 0.3 is 0 Å². The van der Waals surface area contributed by atoms with Gasteiger partial charge in [0.25, 0.3) is 0 Å². The van der Waals surface area contributed by atoms with Crippen LogP contribution in [0, 0.1) is 0 Å². The Kier molecular flexibility index (Phi) is 8.24. The third kappa shape index (κ3) is 5.81. The number of guanidine groups is 1. The highest BCUT2D eigenvalue weighted by molar-refractivity contribution is 14.0. The molecule has 0 unspecified atom stereocenters. The van der Waals surface area contributed by atoms with E-state index in [2.05, 4.69) is 62.5 Å². The molecule has 0 radical (unpaired) electrons. The van der Waals surface area contributed by atoms with Gasteiger partial charge in [0.05, 0.1) is 24.1 Å². The molecule has 3 aromatic rings. The Morgan fingerprint density at radius 3 is 2.66 bits per heavy atom. The zero-order valence-electron chi connectivity index (χ0n) is 17.7. The van der Waals surface area contributed by atoms with Gasteiger partial charge in [0.2, 0.25) is 0 Å². The van der Waals surface area contributed by atoms with E-state index in [4.69, 9.17) is 0 Å². The number of hydrogen-bond acceptors (Lipinski definition) is 3. The molecule has 0 atom stereocenters. The molecule has 0 aliphatic carbocycles. The highest BCUT2D eigenvalue weighted by Gasteiger charge is 2.15. The molecule has 8 heteroatoms. The zero-order chi connectivity index (χ0) is 20.1. The maximum absolute atomic E-state index is 4.59. The summed E-state index contributed by atoms with van der Waals surface area (Å²) in [4.78, 5) is 14.4. The smallest absolute Gasteiger partial charge is 0.194 e. The van der Waals surface area contributed by atoms with E-state index >= 15 is 0 Å². The standard InChI is InChI=1S/C21H29N7.HI/c1-15(2)20-17(14-28(5)26-20)13-27(4)21(22-3)24-12-19-23-11-18(25-19)16-9-7-6-8-10-16;/h6-11,14-15H,12-13H2,1-5H3,(H,22,24)(H,23,25);1H. The first-order chi connectivity index (χ1) is 13.5. The number of aromatic amines is 1. The molecule has 0 saturated heterocycles. The number of halogens is 1. The molecule has 2 heterocycles. The van der Waals surface area contributed by atoms with Gasteiger partial charge in [-0.05, 0) is 11.5 Å². The van der Waals surface area contributed by atoms with E-state index in [9.17, 15) is 0 Å². The van der Waals surface area contributed by atoms with E-state index in [1.807, 2.05) is 43.2 Å². The van der Waals surface area contributed by atoms with Gasteiger partial charge in [-0.2, -0.15) is 5.10 Å². The molecule has 156 valence electrons. The van der Waals surface area contributed by atoms with E-state index < -0.39 is 0 Å². The highest BCUT2D eigenvalue weighted by Crippen LogP contribution is 2.19. The van der Waals surface area contributed by atoms with Crippen LogP contribution in [0.1, 0.15) is 36.8 Å². The van der Waals surface area contributed by atoms with Crippen LogP contribution in [-0.4, -0.2) is 44.7 Å². The predicted molar refractivity (Wildman–Crippen MR) is 128 cm³/mol. The average Bonchev–Trinajstić information content (AvgIpc) is 3.29. The predicted octanol–water partition coefficient (Wildman–Crippen LogP) is 3.76. The first kappa shape index (κ1) is 22.9. The number of nitrogens with one attached hydrogen (secondary N) is 2. The van der Waals surface area contributed by atoms with E-state index in [-0.39, 0.29) is 24.0 Å². The van der Waals surface area contributed by atoms with E-state index in [1.165, 1.54) is 5.56 Å². The minimum absolute atomic E-state index is 0. The Morgan fingerprint density at radius 2 is 2.00 bits per heavy atom. The number of aryl methyl sites for hydroxylation is 1. The quantitative estimate of drug-likeness (QED) is 0.303. The monoisotopic (exact) mass is 507 g/mol. The molecular formula is C21H30IN7. The molecule has 0 spiro atoms. The fraction of sp³-hybridized carbons (Fsp3) is 0.381. The fourth-order valence-electron chi connectivity index (χ4n) is 3.26. The second kappa shape index (κ2) is 10.4. The van der Waals surface area contributed by atoms with Crippen LogP contribution in [0.15, 0.2) is 47.7 Å². The number of aromatic nitrogens is 4. The molecular weight excluding hydrogens is 477 g/mol. The molecule has 0 bridgehead atoms. The largest absolute Gasteiger partial charge is 0.349 e. The van der Waals surface area contributed by atoms with Crippen LogP contribution in [-0.2, 0) is 20.1 Å². The van der Waals surface area contributed by atoms with Crippen molar-refractivity contribution in [3.8, 4) is 11.3 Å². The number of imidazole rings is 1. The maximum atomic E-state index is 4.59. The Bertz CT molecular complexity index is 928. The highest BCUT2D eigenvalue weighted by atomic mass is 127. The van der Waals surface area contributed by atoms with Crippen molar-refractivity contribution in [1.82, 2.24) is 30.0 Å². The summed E-state index contributed by atoms with van der Waals surface area (Å²) in [5.74, 6) is 2.08. The van der Waals surface area contributed by atoms with Gasteiger partial charge in [-0.3, -0.25) is 9.67 Å². The Hall–Kier alpha value is -2.36. The van der Waals surface area contributed by atoms with Gasteiger partial charge in [-0.25, -0.2) is 4.98 Å². The lowest BCUT2D eigenvalue weighted by molar-refractivity contribution is 0.472. The van der Waals surface area contributed by atoms with Gasteiger partial charge in [0.1, 0.15) is 5.82 Å². The van der Waals surface area contributed by atoms with Crippen LogP contribution in [0.5, 0.6) is 0 Å². The average molecular weight is 507 g/mol. The van der Waals surface area contributed by atoms with Crippen molar-refractivity contribution < 1.29 is 0 Å². The summed E-state index contributed by atoms with van der Waals surface area (Å²) in [6.07, 6.45) is 3.95. The van der Waals surface area contributed by atoms with Crippen molar-refractivity contribution in [2.24, 2.45) is 12.0 Å². The summed E-state index contributed by atoms with van der Waals surface area (Å²) >= 11 is 0. The second-order valence-electron chi connectivity index (χ2n) is 7.23. The topological polar surface area (TPSA) is 74.1 Å². The lowest BCUT2D eigenvalue weighted by Crippen LogP contribution is -2.38. The molecule has 7 nitrogen and oxygen atoms in total. The van der Waals surface area contributed by atoms with Crippen molar-refractivity contribution in [2.45, 2.75) is 32.9 Å². The summed E-state index contributed by atoms with van der Waals surface area (Å²) in [5.41, 5.74) is 4.48. The van der Waals surface area contributed by atoms with Crippen molar-refractivity contribution in [2.75, 3.05) is 14.1 Å². The lowest BCUT2D eigenvalue weighted by atomic mass is 10.1. The van der Waals surface area contributed by atoms with E-state index in [0.717, 1.165) is 35.3 Å². The normalized spacial score (nSPS) is 11.4. The van der Waals surface area contributed by atoms with E-state index in [1.54, 1.807) is 7.05 Å². The van der Waals surface area contributed by atoms with Gasteiger partial charge in [-0.15, -0.1) is 24.0 Å². The zero-order valence-corrected chi connectivity index (χ0v) is 20.0. The van der Waals surface area contributed by atoms with Crippen LogP contribution in [0.4, 0.5) is 0 Å². The first-order valence-electron chi connectivity index (χ1n) is 9.51. The number of hydrogen-bond donors (Lipinski definition) is 2. The minimum Gasteiger partial charge on any atom is -0.349 e. The van der Waals surface area contributed by atoms with Crippen LogP contribution < -0.4 is 5.32 Å². The van der Waals surface area contributed by atoms with Crippen LogP contribution in [0.25, 0.3) is 11.3 Å². The number of aliphatic imine (C=N–C) groups is 1. The Balaban J connectivity index is 0.00000300. The van der Waals surface area contributed by atoms with Gasteiger partial charge in [-0.1, -0.05) is 44.2 Å². The van der Waals surface area contributed by atoms with Crippen LogP contribution in [0.3, 0.4) is 0 Å². The van der Waals surface area contributed by atoms with Crippen LogP contribution >= 0.6 is 24.0 Å². The second-order valence-corrected chi connectivity index (χ2v) is 7.23. The fourth-order valence-corrected chi connectivity index (χ4v) is 3.26. The Morgan fingerprint density at radius 1 is 1.28 bits per heavy atom. The van der Waals surface area contributed by atoms with Crippen molar-refractivity contribution in [3.63, 3.8) is 0 Å². The third-order valence-electron chi connectivity index (χ3n) is 4.59. The number of H-pyrrole nitrogens is 1. The molecule has 29 heavy (non-hydrogen) atoms. The van der Waals surface area contributed by atoms with Crippen molar-refractivity contribution in [1.29, 1.82) is 0 Å². The van der Waals surface area contributed by atoms with Crippen molar-refractivity contribution in [3.05, 3.63) is 59.8 Å². The minimum atomic E-state index is 0. The summed E-state index contributed by atoms with van der Waals surface area (Å²) in [5, 5.41) is 7.97. The first-order valence-corrected chi connectivity index (χ1v) is 9.51. The number of nitrogens with zero attached hydrogens (tertiary/aromatic N) is 5. The summed E-state index contributed by atoms with van der Waals surface area (Å²) in [6.45, 7) is 5.66. The molecule has 0 fully saturated rings. The lowest BCUT2D eigenvalue weighted by Gasteiger charge is -2.22. The molecule has 0 saturated carbocycles. The molecule has 0 aliphatic heterocycles.